The summed E-state index contributed by atoms with van der Waals surface area (Å²) in [5.41, 5.74) is -0.148. The van der Waals surface area contributed by atoms with Crippen LogP contribution in [0.25, 0.3) is 0 Å². The number of halogens is 2. The summed E-state index contributed by atoms with van der Waals surface area (Å²) < 4.78 is 18.0. The largest absolute Gasteiger partial charge is 0.462 e. The number of ether oxygens (including phenoxy) is 1. The van der Waals surface area contributed by atoms with Crippen LogP contribution in [0.15, 0.2) is 16.9 Å². The second-order valence-electron chi connectivity index (χ2n) is 2.21. The molecule has 1 aromatic heterocycles. The molecule has 1 rings (SSSR count). The highest BCUT2D eigenvalue weighted by atomic mass is 79.9. The lowest BCUT2D eigenvalue weighted by Gasteiger charge is -2.01. The van der Waals surface area contributed by atoms with Gasteiger partial charge in [0.15, 0.2) is 0 Å². The van der Waals surface area contributed by atoms with Crippen LogP contribution in [0.3, 0.4) is 0 Å². The molecule has 13 heavy (non-hydrogen) atoms. The molecule has 0 spiro atoms. The number of pyridine rings is 1. The van der Waals surface area contributed by atoms with Gasteiger partial charge in [0.05, 0.1) is 6.61 Å². The van der Waals surface area contributed by atoms with Crippen LogP contribution < -0.4 is 0 Å². The molecule has 1 aromatic rings. The molecule has 0 fully saturated rings. The first-order valence-electron chi connectivity index (χ1n) is 3.63. The number of esters is 1. The van der Waals surface area contributed by atoms with Crippen molar-refractivity contribution < 1.29 is 13.9 Å². The van der Waals surface area contributed by atoms with Crippen LogP contribution in [-0.4, -0.2) is 17.6 Å². The van der Waals surface area contributed by atoms with Crippen LogP contribution in [0.5, 0.6) is 0 Å². The summed E-state index contributed by atoms with van der Waals surface area (Å²) >= 11 is 2.98. The van der Waals surface area contributed by atoms with Crippen LogP contribution in [0.1, 0.15) is 17.3 Å². The molecule has 0 bridgehead atoms. The Balaban J connectivity index is 2.95. The quantitative estimate of drug-likeness (QED) is 0.594. The van der Waals surface area contributed by atoms with E-state index in [1.165, 1.54) is 0 Å². The molecule has 0 unspecified atom stereocenters. The van der Waals surface area contributed by atoms with E-state index in [-0.39, 0.29) is 12.2 Å². The Bertz CT molecular complexity index is 330. The smallest absolute Gasteiger partial charge is 0.342 e. The fourth-order valence-electron chi connectivity index (χ4n) is 0.767. The first-order valence-corrected chi connectivity index (χ1v) is 4.42. The van der Waals surface area contributed by atoms with Crippen molar-refractivity contribution in [3.8, 4) is 0 Å². The molecule has 0 saturated heterocycles. The first kappa shape index (κ1) is 10.1. The second-order valence-corrected chi connectivity index (χ2v) is 3.02. The van der Waals surface area contributed by atoms with Gasteiger partial charge in [-0.05, 0) is 22.9 Å². The number of hydrogen-bond acceptors (Lipinski definition) is 3. The van der Waals surface area contributed by atoms with Gasteiger partial charge in [0.2, 0.25) is 0 Å². The van der Waals surface area contributed by atoms with E-state index in [1.54, 1.807) is 6.92 Å². The molecule has 3 nitrogen and oxygen atoms in total. The maximum Gasteiger partial charge on any atom is 0.342 e. The average Bonchev–Trinajstić information content (AvgIpc) is 2.04. The van der Waals surface area contributed by atoms with Crippen LogP contribution >= 0.6 is 15.9 Å². The summed E-state index contributed by atoms with van der Waals surface area (Å²) in [5, 5.41) is 0. The third-order valence-corrected chi connectivity index (χ3v) is 1.75. The van der Waals surface area contributed by atoms with Gasteiger partial charge >= 0.3 is 5.97 Å². The zero-order chi connectivity index (χ0) is 9.84. The van der Waals surface area contributed by atoms with Gasteiger partial charge in [0.1, 0.15) is 16.0 Å². The number of hydrogen-bond donors (Lipinski definition) is 0. The fourth-order valence-corrected chi connectivity index (χ4v) is 1.07. The topological polar surface area (TPSA) is 39.2 Å². The standard InChI is InChI=1S/C8H7BrFNO2/c1-2-13-8(12)5-4-11-7(9)3-6(5)10/h3-4H,2H2,1H3. The van der Waals surface area contributed by atoms with Gasteiger partial charge in [-0.3, -0.25) is 0 Å². The van der Waals surface area contributed by atoms with Crippen LogP contribution in [-0.2, 0) is 4.74 Å². The van der Waals surface area contributed by atoms with Gasteiger partial charge in [-0.2, -0.15) is 0 Å². The lowest BCUT2D eigenvalue weighted by molar-refractivity contribution is 0.0520. The van der Waals surface area contributed by atoms with Crippen molar-refractivity contribution in [2.24, 2.45) is 0 Å². The zero-order valence-corrected chi connectivity index (χ0v) is 8.47. The predicted octanol–water partition coefficient (Wildman–Crippen LogP) is 2.16. The molecule has 1 heterocycles. The summed E-state index contributed by atoms with van der Waals surface area (Å²) in [6, 6.07) is 1.12. The van der Waals surface area contributed by atoms with Gasteiger partial charge in [-0.15, -0.1) is 0 Å². The van der Waals surface area contributed by atoms with E-state index in [0.717, 1.165) is 12.3 Å². The molecule has 0 N–H and O–H groups in total. The molecule has 0 aliphatic heterocycles. The molecule has 0 atom stereocenters. The minimum atomic E-state index is -0.694. The zero-order valence-electron chi connectivity index (χ0n) is 6.88. The van der Waals surface area contributed by atoms with Crippen LogP contribution in [0, 0.1) is 5.82 Å². The summed E-state index contributed by atoms with van der Waals surface area (Å²) in [6.07, 6.45) is 1.14. The average molecular weight is 248 g/mol. The van der Waals surface area contributed by atoms with Crippen molar-refractivity contribution in [3.05, 3.63) is 28.2 Å². The predicted molar refractivity (Wildman–Crippen MR) is 47.9 cm³/mol. The molecular weight excluding hydrogens is 241 g/mol. The maximum absolute atomic E-state index is 13.1. The Labute approximate surface area is 83.1 Å². The van der Waals surface area contributed by atoms with E-state index in [0.29, 0.717) is 4.60 Å². The molecule has 0 aromatic carbocycles. The van der Waals surface area contributed by atoms with E-state index in [1.807, 2.05) is 0 Å². The van der Waals surface area contributed by atoms with Gasteiger partial charge in [-0.1, -0.05) is 0 Å². The van der Waals surface area contributed by atoms with Crippen molar-refractivity contribution in [2.45, 2.75) is 6.92 Å². The summed E-state index contributed by atoms with van der Waals surface area (Å²) in [4.78, 5) is 14.8. The van der Waals surface area contributed by atoms with E-state index in [9.17, 15) is 9.18 Å². The van der Waals surface area contributed by atoms with Crippen LogP contribution in [0.4, 0.5) is 4.39 Å². The SMILES string of the molecule is CCOC(=O)c1cnc(Br)cc1F. The number of nitrogens with zero attached hydrogens (tertiary/aromatic N) is 1. The Morgan fingerprint density at radius 3 is 3.00 bits per heavy atom. The lowest BCUT2D eigenvalue weighted by atomic mass is 10.3. The van der Waals surface area contributed by atoms with Crippen molar-refractivity contribution >= 4 is 21.9 Å². The Kier molecular flexibility index (Phi) is 3.36. The third kappa shape index (κ3) is 2.48. The number of aromatic nitrogens is 1. The monoisotopic (exact) mass is 247 g/mol. The van der Waals surface area contributed by atoms with Gasteiger partial charge in [-0.25, -0.2) is 14.2 Å². The molecule has 0 aliphatic rings. The molecule has 0 aliphatic carbocycles. The fraction of sp³-hybridized carbons (Fsp3) is 0.250. The highest BCUT2D eigenvalue weighted by Crippen LogP contribution is 2.12. The highest BCUT2D eigenvalue weighted by molar-refractivity contribution is 9.10. The number of rotatable bonds is 2. The molecule has 0 amide bonds. The number of carbonyl (C=O) groups excluding carboxylic acids is 1. The molecular formula is C8H7BrFNO2. The van der Waals surface area contributed by atoms with Gasteiger partial charge < -0.3 is 4.74 Å². The minimum absolute atomic E-state index is 0.148. The highest BCUT2D eigenvalue weighted by Gasteiger charge is 2.13. The molecule has 0 saturated carbocycles. The second kappa shape index (κ2) is 4.32. The Hall–Kier alpha value is -0.970. The van der Waals surface area contributed by atoms with Crippen LogP contribution in [0.2, 0.25) is 0 Å². The Morgan fingerprint density at radius 1 is 1.77 bits per heavy atom. The van der Waals surface area contributed by atoms with Gasteiger partial charge in [0.25, 0.3) is 0 Å². The van der Waals surface area contributed by atoms with Crippen molar-refractivity contribution in [2.75, 3.05) is 6.61 Å². The summed E-state index contributed by atoms with van der Waals surface area (Å²) in [5.74, 6) is -1.33. The lowest BCUT2D eigenvalue weighted by Crippen LogP contribution is -2.07. The van der Waals surface area contributed by atoms with Crippen molar-refractivity contribution in [1.82, 2.24) is 4.98 Å². The summed E-state index contributed by atoms with van der Waals surface area (Å²) in [7, 11) is 0. The maximum atomic E-state index is 13.1. The van der Waals surface area contributed by atoms with Crippen molar-refractivity contribution in [1.29, 1.82) is 0 Å². The third-order valence-electron chi connectivity index (χ3n) is 1.32. The van der Waals surface area contributed by atoms with Crippen molar-refractivity contribution in [3.63, 3.8) is 0 Å². The number of carbonyl (C=O) groups is 1. The summed E-state index contributed by atoms with van der Waals surface area (Å²) in [6.45, 7) is 1.87. The van der Waals surface area contributed by atoms with E-state index in [2.05, 4.69) is 25.7 Å². The van der Waals surface area contributed by atoms with E-state index >= 15 is 0 Å². The Morgan fingerprint density at radius 2 is 2.46 bits per heavy atom. The van der Waals surface area contributed by atoms with E-state index in [4.69, 9.17) is 0 Å². The molecule has 0 radical (unpaired) electrons. The van der Waals surface area contributed by atoms with Gasteiger partial charge in [0, 0.05) is 12.3 Å². The van der Waals surface area contributed by atoms with E-state index < -0.39 is 11.8 Å². The minimum Gasteiger partial charge on any atom is -0.462 e. The normalized spacial score (nSPS) is 9.77. The molecule has 5 heteroatoms. The first-order chi connectivity index (χ1) is 6.15. The molecule has 70 valence electrons.